The van der Waals surface area contributed by atoms with Crippen LogP contribution in [0.25, 0.3) is 0 Å². The molecule has 28 heavy (non-hydrogen) atoms. The zero-order valence-corrected chi connectivity index (χ0v) is 17.3. The molecule has 2 aromatic carbocycles. The number of benzene rings is 2. The van der Waals surface area contributed by atoms with E-state index in [4.69, 9.17) is 14.2 Å². The molecule has 2 rings (SSSR count). The number of hydrogen-bond donors (Lipinski definition) is 1. The zero-order valence-electron chi connectivity index (χ0n) is 17.3. The quantitative estimate of drug-likeness (QED) is 0.669. The topological polar surface area (TPSA) is 56.8 Å². The second-order valence-electron chi connectivity index (χ2n) is 7.48. The third-order valence-electron chi connectivity index (χ3n) is 4.31. The summed E-state index contributed by atoms with van der Waals surface area (Å²) in [5, 5.41) is 2.87. The molecule has 0 aromatic heterocycles. The van der Waals surface area contributed by atoms with Gasteiger partial charge in [0.25, 0.3) is 5.91 Å². The van der Waals surface area contributed by atoms with E-state index in [9.17, 15) is 4.79 Å². The van der Waals surface area contributed by atoms with E-state index >= 15 is 0 Å². The van der Waals surface area contributed by atoms with Gasteiger partial charge in [0.2, 0.25) is 0 Å². The Labute approximate surface area is 167 Å². The highest BCUT2D eigenvalue weighted by molar-refractivity contribution is 5.93. The van der Waals surface area contributed by atoms with Gasteiger partial charge in [0.05, 0.1) is 19.9 Å². The SMILES string of the molecule is C=CCc1ccc(OCC(=O)Nc2cc(C(C)(C)C)ccc2OC)c(OC)c1. The predicted octanol–water partition coefficient (Wildman–Crippen LogP) is 4.75. The van der Waals surface area contributed by atoms with Crippen LogP contribution >= 0.6 is 0 Å². The molecule has 150 valence electrons. The summed E-state index contributed by atoms with van der Waals surface area (Å²) in [5.41, 5.74) is 2.75. The summed E-state index contributed by atoms with van der Waals surface area (Å²) in [7, 11) is 3.15. The fraction of sp³-hybridized carbons (Fsp3) is 0.348. The highest BCUT2D eigenvalue weighted by Crippen LogP contribution is 2.32. The van der Waals surface area contributed by atoms with Crippen LogP contribution in [0.5, 0.6) is 17.2 Å². The number of rotatable bonds is 8. The third kappa shape index (κ3) is 5.52. The summed E-state index contributed by atoms with van der Waals surface area (Å²) in [6.45, 7) is 9.95. The molecule has 0 fully saturated rings. The number of allylic oxidation sites excluding steroid dienone is 1. The van der Waals surface area contributed by atoms with E-state index in [2.05, 4.69) is 32.7 Å². The molecule has 0 aliphatic heterocycles. The molecule has 0 unspecified atom stereocenters. The van der Waals surface area contributed by atoms with Crippen LogP contribution in [0.3, 0.4) is 0 Å². The Morgan fingerprint density at radius 2 is 1.71 bits per heavy atom. The smallest absolute Gasteiger partial charge is 0.262 e. The first-order valence-electron chi connectivity index (χ1n) is 9.17. The van der Waals surface area contributed by atoms with Crippen LogP contribution in [-0.4, -0.2) is 26.7 Å². The molecular weight excluding hydrogens is 354 g/mol. The summed E-state index contributed by atoms with van der Waals surface area (Å²) >= 11 is 0. The largest absolute Gasteiger partial charge is 0.495 e. The molecule has 5 nitrogen and oxygen atoms in total. The van der Waals surface area contributed by atoms with Crippen molar-refractivity contribution in [2.45, 2.75) is 32.6 Å². The minimum atomic E-state index is -0.276. The lowest BCUT2D eigenvalue weighted by molar-refractivity contribution is -0.118. The first-order chi connectivity index (χ1) is 13.3. The van der Waals surface area contributed by atoms with Gasteiger partial charge in [0.1, 0.15) is 5.75 Å². The number of anilines is 1. The maximum atomic E-state index is 12.4. The Hall–Kier alpha value is -2.95. The van der Waals surface area contributed by atoms with Gasteiger partial charge in [-0.15, -0.1) is 6.58 Å². The molecule has 1 amide bonds. The molecule has 0 saturated carbocycles. The standard InChI is InChI=1S/C23H29NO4/c1-7-8-16-9-11-20(21(13-16)27-6)28-15-22(25)24-18-14-17(23(2,3)4)10-12-19(18)26-5/h7,9-14H,1,8,15H2,2-6H3,(H,24,25). The van der Waals surface area contributed by atoms with Crippen LogP contribution in [0.4, 0.5) is 5.69 Å². The van der Waals surface area contributed by atoms with Crippen LogP contribution < -0.4 is 19.5 Å². The molecule has 2 aromatic rings. The molecule has 0 saturated heterocycles. The van der Waals surface area contributed by atoms with Gasteiger partial charge in [-0.05, 0) is 47.2 Å². The minimum absolute atomic E-state index is 0.0389. The Kier molecular flexibility index (Phi) is 7.10. The maximum Gasteiger partial charge on any atom is 0.262 e. The average Bonchev–Trinajstić information content (AvgIpc) is 2.66. The van der Waals surface area contributed by atoms with E-state index < -0.39 is 0 Å². The number of hydrogen-bond acceptors (Lipinski definition) is 4. The average molecular weight is 383 g/mol. The highest BCUT2D eigenvalue weighted by atomic mass is 16.5. The van der Waals surface area contributed by atoms with Crippen molar-refractivity contribution in [2.24, 2.45) is 0 Å². The van der Waals surface area contributed by atoms with Gasteiger partial charge in [0, 0.05) is 0 Å². The normalized spacial score (nSPS) is 10.9. The van der Waals surface area contributed by atoms with E-state index in [-0.39, 0.29) is 17.9 Å². The van der Waals surface area contributed by atoms with Crippen molar-refractivity contribution in [3.63, 3.8) is 0 Å². The minimum Gasteiger partial charge on any atom is -0.495 e. The Balaban J connectivity index is 2.09. The fourth-order valence-electron chi connectivity index (χ4n) is 2.73. The molecule has 0 spiro atoms. The molecule has 0 aliphatic rings. The summed E-state index contributed by atoms with van der Waals surface area (Å²) in [6.07, 6.45) is 2.56. The summed E-state index contributed by atoms with van der Waals surface area (Å²) in [5.74, 6) is 1.43. The first-order valence-corrected chi connectivity index (χ1v) is 9.17. The molecule has 1 N–H and O–H groups in total. The van der Waals surface area contributed by atoms with Crippen molar-refractivity contribution in [3.8, 4) is 17.2 Å². The van der Waals surface area contributed by atoms with Crippen LogP contribution in [0, 0.1) is 0 Å². The molecule has 0 atom stereocenters. The van der Waals surface area contributed by atoms with Crippen molar-refractivity contribution in [3.05, 3.63) is 60.2 Å². The highest BCUT2D eigenvalue weighted by Gasteiger charge is 2.17. The number of carbonyl (C=O) groups excluding carboxylic acids is 1. The molecule has 0 aliphatic carbocycles. The number of ether oxygens (including phenoxy) is 3. The van der Waals surface area contributed by atoms with Gasteiger partial charge in [-0.1, -0.05) is 39.0 Å². The first kappa shape index (κ1) is 21.4. The predicted molar refractivity (Wildman–Crippen MR) is 113 cm³/mol. The maximum absolute atomic E-state index is 12.4. The van der Waals surface area contributed by atoms with Crippen LogP contribution in [0.15, 0.2) is 49.1 Å². The number of amides is 1. The van der Waals surface area contributed by atoms with Gasteiger partial charge in [0.15, 0.2) is 18.1 Å². The van der Waals surface area contributed by atoms with Crippen LogP contribution in [0.2, 0.25) is 0 Å². The molecular formula is C23H29NO4. The van der Waals surface area contributed by atoms with Crippen molar-refractivity contribution >= 4 is 11.6 Å². The second kappa shape index (κ2) is 9.31. The van der Waals surface area contributed by atoms with Gasteiger partial charge in [-0.2, -0.15) is 0 Å². The van der Waals surface area contributed by atoms with E-state index in [1.165, 1.54) is 0 Å². The number of methoxy groups -OCH3 is 2. The Morgan fingerprint density at radius 3 is 2.32 bits per heavy atom. The fourth-order valence-corrected chi connectivity index (χ4v) is 2.73. The second-order valence-corrected chi connectivity index (χ2v) is 7.48. The number of carbonyl (C=O) groups is 1. The molecule has 0 radical (unpaired) electrons. The van der Waals surface area contributed by atoms with E-state index in [1.807, 2.05) is 36.4 Å². The Bertz CT molecular complexity index is 837. The van der Waals surface area contributed by atoms with Gasteiger partial charge in [-0.25, -0.2) is 0 Å². The summed E-state index contributed by atoms with van der Waals surface area (Å²) in [4.78, 5) is 12.4. The van der Waals surface area contributed by atoms with Crippen LogP contribution in [-0.2, 0) is 16.6 Å². The van der Waals surface area contributed by atoms with E-state index in [1.54, 1.807) is 20.3 Å². The van der Waals surface area contributed by atoms with Crippen molar-refractivity contribution in [1.29, 1.82) is 0 Å². The van der Waals surface area contributed by atoms with Gasteiger partial charge < -0.3 is 19.5 Å². The van der Waals surface area contributed by atoms with E-state index in [0.717, 1.165) is 17.5 Å². The Morgan fingerprint density at radius 1 is 1.04 bits per heavy atom. The van der Waals surface area contributed by atoms with Crippen molar-refractivity contribution < 1.29 is 19.0 Å². The number of nitrogens with one attached hydrogen (secondary N) is 1. The monoisotopic (exact) mass is 383 g/mol. The lowest BCUT2D eigenvalue weighted by Gasteiger charge is -2.21. The molecule has 0 heterocycles. The summed E-state index contributed by atoms with van der Waals surface area (Å²) < 4.78 is 16.4. The molecule has 5 heteroatoms. The zero-order chi connectivity index (χ0) is 20.7. The van der Waals surface area contributed by atoms with Gasteiger partial charge in [-0.3, -0.25) is 4.79 Å². The van der Waals surface area contributed by atoms with E-state index in [0.29, 0.717) is 22.9 Å². The van der Waals surface area contributed by atoms with Crippen LogP contribution in [0.1, 0.15) is 31.9 Å². The summed E-state index contributed by atoms with van der Waals surface area (Å²) in [6, 6.07) is 11.4. The third-order valence-corrected chi connectivity index (χ3v) is 4.31. The van der Waals surface area contributed by atoms with Gasteiger partial charge >= 0.3 is 0 Å². The lowest BCUT2D eigenvalue weighted by Crippen LogP contribution is -2.21. The van der Waals surface area contributed by atoms with Crippen molar-refractivity contribution in [1.82, 2.24) is 0 Å². The van der Waals surface area contributed by atoms with Crippen molar-refractivity contribution in [2.75, 3.05) is 26.1 Å². The molecule has 0 bridgehead atoms. The lowest BCUT2D eigenvalue weighted by atomic mass is 9.87.